The maximum atomic E-state index is 11.9. The second-order valence-electron chi connectivity index (χ2n) is 4.57. The first-order chi connectivity index (χ1) is 9.02. The van der Waals surface area contributed by atoms with Crippen LogP contribution in [0.4, 0.5) is 0 Å². The van der Waals surface area contributed by atoms with Crippen molar-refractivity contribution in [1.29, 1.82) is 0 Å². The Hall–Kier alpha value is -2.09. The summed E-state index contributed by atoms with van der Waals surface area (Å²) in [5.74, 6) is -0.0788. The molecule has 0 saturated carbocycles. The molecule has 0 aromatic heterocycles. The lowest BCUT2D eigenvalue weighted by molar-refractivity contribution is 0.0966. The Morgan fingerprint density at radius 1 is 1.00 bits per heavy atom. The average Bonchev–Trinajstić information content (AvgIpc) is 2.39. The van der Waals surface area contributed by atoms with Gasteiger partial charge in [0, 0.05) is 11.3 Å². The summed E-state index contributed by atoms with van der Waals surface area (Å²) in [5.41, 5.74) is 3.82. The van der Waals surface area contributed by atoms with Gasteiger partial charge in [-0.1, -0.05) is 35.9 Å². The predicted octanol–water partition coefficient (Wildman–Crippen LogP) is 4.23. The molecule has 1 aromatic rings. The Morgan fingerprint density at radius 2 is 1.63 bits per heavy atom. The molecule has 0 fully saturated rings. The fraction of sp³-hybridized carbons (Fsp3) is 0.235. The van der Waals surface area contributed by atoms with Gasteiger partial charge in [-0.15, -0.1) is 0 Å². The minimum Gasteiger partial charge on any atom is -0.326 e. The molecule has 0 saturated heterocycles. The van der Waals surface area contributed by atoms with Gasteiger partial charge in [0.2, 0.25) is 0 Å². The van der Waals surface area contributed by atoms with E-state index in [1.165, 1.54) is 5.57 Å². The average molecular weight is 255 g/mol. The minimum absolute atomic E-state index is 0.0788. The monoisotopic (exact) mass is 255 g/mol. The summed E-state index contributed by atoms with van der Waals surface area (Å²) in [5, 5.41) is 2.88. The maximum absolute atomic E-state index is 11.9. The number of carbonyl (C=O) groups excluding carboxylic acids is 1. The van der Waals surface area contributed by atoms with E-state index in [4.69, 9.17) is 0 Å². The predicted molar refractivity (Wildman–Crippen MR) is 80.9 cm³/mol. The molecule has 1 aromatic carbocycles. The zero-order valence-corrected chi connectivity index (χ0v) is 12.0. The first kappa shape index (κ1) is 15.0. The highest BCUT2D eigenvalue weighted by Crippen LogP contribution is 2.06. The van der Waals surface area contributed by atoms with Gasteiger partial charge in [0.05, 0.1) is 0 Å². The number of allylic oxidation sites excluding steroid dienone is 6. The highest BCUT2D eigenvalue weighted by Gasteiger charge is 2.03. The molecule has 1 rings (SSSR count). The molecule has 0 radical (unpaired) electrons. The van der Waals surface area contributed by atoms with Crippen molar-refractivity contribution in [3.05, 3.63) is 71.0 Å². The van der Waals surface area contributed by atoms with Crippen molar-refractivity contribution >= 4 is 5.91 Å². The normalized spacial score (nSPS) is 13.4. The molecule has 0 bridgehead atoms. The third-order valence-electron chi connectivity index (χ3n) is 2.70. The van der Waals surface area contributed by atoms with E-state index in [0.717, 1.165) is 11.3 Å². The van der Waals surface area contributed by atoms with Crippen LogP contribution in [0.3, 0.4) is 0 Å². The van der Waals surface area contributed by atoms with Crippen LogP contribution in [-0.4, -0.2) is 5.91 Å². The molecule has 0 heterocycles. The third kappa shape index (κ3) is 5.38. The van der Waals surface area contributed by atoms with E-state index in [9.17, 15) is 4.79 Å². The van der Waals surface area contributed by atoms with E-state index in [-0.39, 0.29) is 5.91 Å². The summed E-state index contributed by atoms with van der Waals surface area (Å²) in [7, 11) is 0. The molecular weight excluding hydrogens is 234 g/mol. The second kappa shape index (κ2) is 7.37. The van der Waals surface area contributed by atoms with E-state index < -0.39 is 0 Å². The molecule has 0 aliphatic heterocycles. The lowest BCUT2D eigenvalue weighted by atomic mass is 10.1. The van der Waals surface area contributed by atoms with E-state index >= 15 is 0 Å². The molecule has 2 nitrogen and oxygen atoms in total. The van der Waals surface area contributed by atoms with Gasteiger partial charge in [-0.25, -0.2) is 0 Å². The molecule has 100 valence electrons. The second-order valence-corrected chi connectivity index (χ2v) is 4.57. The van der Waals surface area contributed by atoms with Crippen LogP contribution in [0.15, 0.2) is 65.4 Å². The summed E-state index contributed by atoms with van der Waals surface area (Å²) in [6.07, 6.45) is 6.10. The quantitative estimate of drug-likeness (QED) is 0.801. The smallest absolute Gasteiger partial charge is 0.255 e. The van der Waals surface area contributed by atoms with E-state index in [2.05, 4.69) is 24.4 Å². The SMILES string of the molecule is C/C=C(C)/C=C(C)/C=C(/C)NC(=O)c1ccccc1. The number of benzene rings is 1. The van der Waals surface area contributed by atoms with Crippen molar-refractivity contribution in [2.45, 2.75) is 27.7 Å². The molecule has 0 spiro atoms. The number of nitrogens with one attached hydrogen (secondary N) is 1. The Kier molecular flexibility index (Phi) is 5.80. The molecule has 2 heteroatoms. The lowest BCUT2D eigenvalue weighted by Gasteiger charge is -2.05. The van der Waals surface area contributed by atoms with Crippen LogP contribution in [0.1, 0.15) is 38.1 Å². The number of rotatable bonds is 4. The van der Waals surface area contributed by atoms with Crippen molar-refractivity contribution in [2.75, 3.05) is 0 Å². The molecule has 0 unspecified atom stereocenters. The lowest BCUT2D eigenvalue weighted by Crippen LogP contribution is -2.21. The van der Waals surface area contributed by atoms with Crippen LogP contribution in [0.2, 0.25) is 0 Å². The van der Waals surface area contributed by atoms with Crippen LogP contribution in [-0.2, 0) is 0 Å². The van der Waals surface area contributed by atoms with Gasteiger partial charge >= 0.3 is 0 Å². The van der Waals surface area contributed by atoms with Crippen molar-refractivity contribution < 1.29 is 4.79 Å². The molecule has 19 heavy (non-hydrogen) atoms. The van der Waals surface area contributed by atoms with Crippen LogP contribution in [0, 0.1) is 0 Å². The summed E-state index contributed by atoms with van der Waals surface area (Å²) in [6, 6.07) is 9.21. The van der Waals surface area contributed by atoms with Gasteiger partial charge in [0.1, 0.15) is 0 Å². The van der Waals surface area contributed by atoms with Crippen molar-refractivity contribution in [3.8, 4) is 0 Å². The highest BCUT2D eigenvalue weighted by atomic mass is 16.1. The molecule has 0 aliphatic carbocycles. The number of hydrogen-bond acceptors (Lipinski definition) is 1. The Labute approximate surface area is 115 Å². The molecular formula is C17H21NO. The van der Waals surface area contributed by atoms with Crippen LogP contribution >= 0.6 is 0 Å². The fourth-order valence-electron chi connectivity index (χ4n) is 1.70. The van der Waals surface area contributed by atoms with E-state index in [1.54, 1.807) is 12.1 Å². The van der Waals surface area contributed by atoms with Crippen molar-refractivity contribution in [3.63, 3.8) is 0 Å². The summed E-state index contributed by atoms with van der Waals surface area (Å²) >= 11 is 0. The first-order valence-electron chi connectivity index (χ1n) is 6.39. The zero-order chi connectivity index (χ0) is 14.3. The Bertz CT molecular complexity index is 521. The number of amides is 1. The first-order valence-corrected chi connectivity index (χ1v) is 6.39. The third-order valence-corrected chi connectivity index (χ3v) is 2.70. The Morgan fingerprint density at radius 3 is 2.21 bits per heavy atom. The summed E-state index contributed by atoms with van der Waals surface area (Å²) < 4.78 is 0. The van der Waals surface area contributed by atoms with Gasteiger partial charge in [-0.05, 0) is 51.5 Å². The topological polar surface area (TPSA) is 29.1 Å². The zero-order valence-electron chi connectivity index (χ0n) is 12.0. The molecule has 0 aliphatic rings. The van der Waals surface area contributed by atoms with Crippen LogP contribution < -0.4 is 5.32 Å². The maximum Gasteiger partial charge on any atom is 0.255 e. The molecule has 1 amide bonds. The number of hydrogen-bond donors (Lipinski definition) is 1. The molecule has 0 atom stereocenters. The molecule has 1 N–H and O–H groups in total. The highest BCUT2D eigenvalue weighted by molar-refractivity contribution is 5.95. The van der Waals surface area contributed by atoms with E-state index in [1.807, 2.05) is 45.0 Å². The Balaban J connectivity index is 2.72. The van der Waals surface area contributed by atoms with Gasteiger partial charge in [0.15, 0.2) is 0 Å². The summed E-state index contributed by atoms with van der Waals surface area (Å²) in [4.78, 5) is 11.9. The van der Waals surface area contributed by atoms with Crippen molar-refractivity contribution in [1.82, 2.24) is 5.32 Å². The standard InChI is InChI=1S/C17H21NO/c1-5-13(2)11-14(3)12-15(4)18-17(19)16-9-7-6-8-10-16/h5-12H,1-4H3,(H,18,19)/b13-5+,14-11+,15-12-. The van der Waals surface area contributed by atoms with Gasteiger partial charge in [-0.3, -0.25) is 4.79 Å². The number of carbonyl (C=O) groups is 1. The summed E-state index contributed by atoms with van der Waals surface area (Å²) in [6.45, 7) is 7.97. The minimum atomic E-state index is -0.0788. The van der Waals surface area contributed by atoms with Gasteiger partial charge < -0.3 is 5.32 Å². The largest absolute Gasteiger partial charge is 0.326 e. The van der Waals surface area contributed by atoms with Gasteiger partial charge in [-0.2, -0.15) is 0 Å². The fourth-order valence-corrected chi connectivity index (χ4v) is 1.70. The van der Waals surface area contributed by atoms with Gasteiger partial charge in [0.25, 0.3) is 5.91 Å². The van der Waals surface area contributed by atoms with Crippen LogP contribution in [0.25, 0.3) is 0 Å². The van der Waals surface area contributed by atoms with Crippen molar-refractivity contribution in [2.24, 2.45) is 0 Å². The van der Waals surface area contributed by atoms with Crippen LogP contribution in [0.5, 0.6) is 0 Å². The van der Waals surface area contributed by atoms with E-state index in [0.29, 0.717) is 5.56 Å².